The van der Waals surface area contributed by atoms with Gasteiger partial charge >= 0.3 is 0 Å². The van der Waals surface area contributed by atoms with Crippen molar-refractivity contribution in [3.8, 4) is 0 Å². The number of rotatable bonds is 2. The number of carbonyl (C=O) groups is 3. The van der Waals surface area contributed by atoms with Crippen LogP contribution in [0.3, 0.4) is 0 Å². The topological polar surface area (TPSA) is 70.6 Å². The molecule has 1 fully saturated rings. The van der Waals surface area contributed by atoms with E-state index in [0.29, 0.717) is 24.1 Å². The summed E-state index contributed by atoms with van der Waals surface area (Å²) in [6.45, 7) is 0.698. The van der Waals surface area contributed by atoms with Crippen molar-refractivity contribution < 1.29 is 18.8 Å². The highest BCUT2D eigenvalue weighted by Crippen LogP contribution is 2.27. The van der Waals surface area contributed by atoms with Crippen molar-refractivity contribution in [2.45, 2.75) is 12.5 Å². The predicted octanol–water partition coefficient (Wildman–Crippen LogP) is 1.73. The summed E-state index contributed by atoms with van der Waals surface area (Å²) in [6.07, 6.45) is 1.99. The Morgan fingerprint density at radius 2 is 1.88 bits per heavy atom. The molecule has 25 heavy (non-hydrogen) atoms. The number of likely N-dealkylation sites (tertiary alicyclic amines) is 1. The number of carbonyl (C=O) groups excluding carboxylic acids is 3. The van der Waals surface area contributed by atoms with Gasteiger partial charge in [-0.3, -0.25) is 24.3 Å². The number of imide groups is 1. The first-order chi connectivity index (χ1) is 12.1. The fraction of sp³-hybridized carbons (Fsp3) is 0.222. The van der Waals surface area contributed by atoms with Crippen LogP contribution in [-0.2, 0) is 0 Å². The van der Waals surface area contributed by atoms with Crippen molar-refractivity contribution in [1.82, 2.24) is 14.8 Å². The Hall–Kier alpha value is -3.09. The highest BCUT2D eigenvalue weighted by molar-refractivity contribution is 6.20. The third-order valence-corrected chi connectivity index (χ3v) is 4.59. The van der Waals surface area contributed by atoms with Crippen molar-refractivity contribution >= 4 is 17.7 Å². The number of nitrogens with zero attached hydrogens (tertiary/aromatic N) is 3. The average molecular weight is 339 g/mol. The minimum absolute atomic E-state index is 0.163. The normalized spacial score (nSPS) is 19.5. The summed E-state index contributed by atoms with van der Waals surface area (Å²) in [5, 5.41) is 0. The summed E-state index contributed by atoms with van der Waals surface area (Å²) in [4.78, 5) is 44.3. The molecule has 1 atom stereocenters. The van der Waals surface area contributed by atoms with Gasteiger partial charge < -0.3 is 4.90 Å². The monoisotopic (exact) mass is 339 g/mol. The molecule has 0 N–H and O–H groups in total. The molecule has 1 unspecified atom stereocenters. The average Bonchev–Trinajstić information content (AvgIpc) is 3.19. The van der Waals surface area contributed by atoms with Gasteiger partial charge in [0.15, 0.2) is 0 Å². The van der Waals surface area contributed by atoms with Gasteiger partial charge in [-0.1, -0.05) is 0 Å². The largest absolute Gasteiger partial charge is 0.336 e. The van der Waals surface area contributed by atoms with Crippen molar-refractivity contribution in [2.75, 3.05) is 13.1 Å². The zero-order valence-corrected chi connectivity index (χ0v) is 13.2. The molecule has 0 saturated carbocycles. The molecule has 3 amide bonds. The van der Waals surface area contributed by atoms with Gasteiger partial charge in [0.25, 0.3) is 17.7 Å². The first kappa shape index (κ1) is 15.4. The summed E-state index contributed by atoms with van der Waals surface area (Å²) in [5.74, 6) is -1.43. The molecule has 2 aliphatic heterocycles. The molecule has 1 aromatic carbocycles. The van der Waals surface area contributed by atoms with Gasteiger partial charge in [-0.05, 0) is 42.8 Å². The first-order valence-electron chi connectivity index (χ1n) is 7.94. The van der Waals surface area contributed by atoms with Crippen LogP contribution in [0.15, 0.2) is 42.6 Å². The lowest BCUT2D eigenvalue weighted by molar-refractivity contribution is 0.0573. The van der Waals surface area contributed by atoms with E-state index in [1.807, 2.05) is 0 Å². The first-order valence-corrected chi connectivity index (χ1v) is 7.94. The van der Waals surface area contributed by atoms with E-state index in [4.69, 9.17) is 0 Å². The predicted molar refractivity (Wildman–Crippen MR) is 85.4 cm³/mol. The zero-order chi connectivity index (χ0) is 17.6. The molecule has 0 bridgehead atoms. The summed E-state index contributed by atoms with van der Waals surface area (Å²) in [7, 11) is 0. The second-order valence-corrected chi connectivity index (χ2v) is 6.08. The van der Waals surface area contributed by atoms with E-state index >= 15 is 0 Å². The van der Waals surface area contributed by atoms with Crippen LogP contribution in [0, 0.1) is 5.82 Å². The van der Waals surface area contributed by atoms with Gasteiger partial charge in [-0.15, -0.1) is 0 Å². The van der Waals surface area contributed by atoms with Crippen molar-refractivity contribution in [3.63, 3.8) is 0 Å². The van der Waals surface area contributed by atoms with E-state index in [9.17, 15) is 18.8 Å². The Balaban J connectivity index is 1.52. The molecule has 3 heterocycles. The SMILES string of the molecule is O=C(c1ccc(F)cc1)N1CCC(N2C(=O)c3cccnc3C2=O)C1. The second-order valence-electron chi connectivity index (χ2n) is 6.08. The smallest absolute Gasteiger partial charge is 0.280 e. The maximum Gasteiger partial charge on any atom is 0.280 e. The third kappa shape index (κ3) is 2.48. The number of aromatic nitrogens is 1. The molecule has 1 saturated heterocycles. The molecule has 0 aliphatic carbocycles. The molecular formula is C18H14FN3O3. The van der Waals surface area contributed by atoms with Gasteiger partial charge in [-0.2, -0.15) is 0 Å². The van der Waals surface area contributed by atoms with Crippen LogP contribution < -0.4 is 0 Å². The number of benzene rings is 1. The van der Waals surface area contributed by atoms with Gasteiger partial charge in [0.05, 0.1) is 11.6 Å². The van der Waals surface area contributed by atoms with Gasteiger partial charge in [0.1, 0.15) is 11.5 Å². The van der Waals surface area contributed by atoms with Crippen LogP contribution in [0.2, 0.25) is 0 Å². The fourth-order valence-electron chi connectivity index (χ4n) is 3.33. The molecule has 0 spiro atoms. The highest BCUT2D eigenvalue weighted by Gasteiger charge is 2.43. The van der Waals surface area contributed by atoms with E-state index in [1.54, 1.807) is 17.0 Å². The van der Waals surface area contributed by atoms with E-state index in [1.165, 1.54) is 35.4 Å². The van der Waals surface area contributed by atoms with Crippen LogP contribution in [0.1, 0.15) is 37.6 Å². The Morgan fingerprint density at radius 1 is 1.12 bits per heavy atom. The molecule has 0 radical (unpaired) electrons. The molecule has 126 valence electrons. The van der Waals surface area contributed by atoms with Crippen LogP contribution in [0.25, 0.3) is 0 Å². The summed E-state index contributed by atoms with van der Waals surface area (Å²) in [6, 6.07) is 8.14. The summed E-state index contributed by atoms with van der Waals surface area (Å²) in [5.41, 5.74) is 0.845. The quantitative estimate of drug-likeness (QED) is 0.782. The second kappa shape index (κ2) is 5.77. The molecule has 2 aliphatic rings. The van der Waals surface area contributed by atoms with Gasteiger partial charge in [-0.25, -0.2) is 4.39 Å². The summed E-state index contributed by atoms with van der Waals surface area (Å²) >= 11 is 0. The number of hydrogen-bond acceptors (Lipinski definition) is 4. The van der Waals surface area contributed by atoms with E-state index < -0.39 is 11.7 Å². The molecule has 7 heteroatoms. The fourth-order valence-corrected chi connectivity index (χ4v) is 3.33. The zero-order valence-electron chi connectivity index (χ0n) is 13.2. The van der Waals surface area contributed by atoms with E-state index in [0.717, 1.165) is 0 Å². The standard InChI is InChI=1S/C18H14FN3O3/c19-12-5-3-11(4-6-12)16(23)21-9-7-13(10-21)22-17(24)14-2-1-8-20-15(14)18(22)25/h1-6,8,13H,7,9-10H2. The van der Waals surface area contributed by atoms with Gasteiger partial charge in [0, 0.05) is 24.8 Å². The number of halogens is 1. The lowest BCUT2D eigenvalue weighted by atomic mass is 10.2. The molecule has 1 aromatic heterocycles. The lowest BCUT2D eigenvalue weighted by Crippen LogP contribution is -2.42. The minimum Gasteiger partial charge on any atom is -0.336 e. The van der Waals surface area contributed by atoms with Gasteiger partial charge in [0.2, 0.25) is 0 Å². The Labute approximate surface area is 142 Å². The molecule has 2 aromatic rings. The number of fused-ring (bicyclic) bond motifs is 1. The number of amides is 3. The minimum atomic E-state index is -0.415. The van der Waals surface area contributed by atoms with Crippen LogP contribution in [0.4, 0.5) is 4.39 Å². The van der Waals surface area contributed by atoms with Crippen molar-refractivity contribution in [2.24, 2.45) is 0 Å². The number of pyridine rings is 1. The molecule has 4 rings (SSSR count). The maximum absolute atomic E-state index is 13.0. The Kier molecular flexibility index (Phi) is 3.56. The maximum atomic E-state index is 13.0. The van der Waals surface area contributed by atoms with E-state index in [-0.39, 0.29) is 30.1 Å². The molecule has 6 nitrogen and oxygen atoms in total. The van der Waals surface area contributed by atoms with Crippen molar-refractivity contribution in [3.05, 3.63) is 65.2 Å². The number of hydrogen-bond donors (Lipinski definition) is 0. The lowest BCUT2D eigenvalue weighted by Gasteiger charge is -2.22. The van der Waals surface area contributed by atoms with Crippen LogP contribution in [-0.4, -0.2) is 51.6 Å². The molecular weight excluding hydrogens is 325 g/mol. The third-order valence-electron chi connectivity index (χ3n) is 4.59. The summed E-state index contributed by atoms with van der Waals surface area (Å²) < 4.78 is 13.0. The van der Waals surface area contributed by atoms with Crippen LogP contribution in [0.5, 0.6) is 0 Å². The Bertz CT molecular complexity index is 846. The van der Waals surface area contributed by atoms with Crippen LogP contribution >= 0.6 is 0 Å². The van der Waals surface area contributed by atoms with Crippen molar-refractivity contribution in [1.29, 1.82) is 0 Å². The van der Waals surface area contributed by atoms with E-state index in [2.05, 4.69) is 4.98 Å². The highest BCUT2D eigenvalue weighted by atomic mass is 19.1. The Morgan fingerprint density at radius 3 is 2.60 bits per heavy atom.